The molecule has 1 aliphatic rings. The van der Waals surface area contributed by atoms with Crippen molar-refractivity contribution in [3.8, 4) is 0 Å². The molecular formula is C17H20Cl2N6O9P2. The highest BCUT2D eigenvalue weighted by atomic mass is 35.5. The summed E-state index contributed by atoms with van der Waals surface area (Å²) in [5.74, 6) is -1.20. The summed E-state index contributed by atoms with van der Waals surface area (Å²) in [6, 6.07) is 7.13. The van der Waals surface area contributed by atoms with Gasteiger partial charge in [-0.15, -0.1) is 5.10 Å². The summed E-state index contributed by atoms with van der Waals surface area (Å²) in [7, 11) is -9.55. The van der Waals surface area contributed by atoms with Gasteiger partial charge in [-0.3, -0.25) is 9.13 Å². The smallest absolute Gasteiger partial charge is 0.340 e. The summed E-state index contributed by atoms with van der Waals surface area (Å²) in [6.45, 7) is -0.485. The maximum absolute atomic E-state index is 11.9. The zero-order valence-corrected chi connectivity index (χ0v) is 21.3. The molecule has 5 atom stereocenters. The fourth-order valence-corrected chi connectivity index (χ4v) is 6.39. The number of hydrogen-bond acceptors (Lipinski definition) is 11. The molecule has 1 fully saturated rings. The molecule has 0 saturated carbocycles. The Morgan fingerprint density at radius 1 is 1.11 bits per heavy atom. The van der Waals surface area contributed by atoms with E-state index in [4.69, 9.17) is 42.2 Å². The average Bonchev–Trinajstić information content (AvgIpc) is 3.31. The summed E-state index contributed by atoms with van der Waals surface area (Å²) in [5.41, 5.74) is 0.983. The van der Waals surface area contributed by atoms with Crippen molar-refractivity contribution in [2.75, 3.05) is 17.8 Å². The minimum Gasteiger partial charge on any atom is -0.387 e. The van der Waals surface area contributed by atoms with Gasteiger partial charge >= 0.3 is 15.2 Å². The minimum atomic E-state index is -4.85. The van der Waals surface area contributed by atoms with Gasteiger partial charge in [-0.05, 0) is 23.2 Å². The second-order valence-electron chi connectivity index (χ2n) is 7.78. The van der Waals surface area contributed by atoms with Crippen LogP contribution in [0.5, 0.6) is 0 Å². The Balaban J connectivity index is 1.53. The first-order valence-corrected chi connectivity index (χ1v) is 14.4. The maximum atomic E-state index is 11.9. The molecule has 6 N–H and O–H groups in total. The fraction of sp³-hybridized carbons (Fsp3) is 0.412. The second-order valence-corrected chi connectivity index (χ2v) is 12.5. The van der Waals surface area contributed by atoms with Crippen LogP contribution in [0, 0.1) is 0 Å². The van der Waals surface area contributed by atoms with Crippen LogP contribution in [0.1, 0.15) is 11.8 Å². The lowest BCUT2D eigenvalue weighted by molar-refractivity contribution is -0.0549. The molecule has 0 bridgehead atoms. The van der Waals surface area contributed by atoms with Crippen LogP contribution < -0.4 is 5.32 Å². The van der Waals surface area contributed by atoms with Crippen molar-refractivity contribution < 1.29 is 43.3 Å². The molecule has 1 saturated heterocycles. The van der Waals surface area contributed by atoms with Gasteiger partial charge < -0.3 is 39.5 Å². The summed E-state index contributed by atoms with van der Waals surface area (Å²) >= 11 is 12.2. The molecule has 0 amide bonds. The summed E-state index contributed by atoms with van der Waals surface area (Å²) in [6.07, 6.45) is -5.92. The lowest BCUT2D eigenvalue weighted by Gasteiger charge is -2.18. The molecule has 4 rings (SSSR count). The predicted molar refractivity (Wildman–Crippen MR) is 126 cm³/mol. The van der Waals surface area contributed by atoms with Crippen molar-refractivity contribution >= 4 is 55.4 Å². The third kappa shape index (κ3) is 6.21. The number of nitrogens with zero attached hydrogens (tertiary/aromatic N) is 5. The summed E-state index contributed by atoms with van der Waals surface area (Å²) in [4.78, 5) is 35.6. The van der Waals surface area contributed by atoms with Gasteiger partial charge in [0.05, 0.1) is 6.61 Å². The van der Waals surface area contributed by atoms with E-state index in [1.807, 2.05) is 12.1 Å². The van der Waals surface area contributed by atoms with Crippen molar-refractivity contribution in [1.82, 2.24) is 25.0 Å². The maximum Gasteiger partial charge on any atom is 0.340 e. The van der Waals surface area contributed by atoms with E-state index in [1.165, 1.54) is 0 Å². The zero-order chi connectivity index (χ0) is 26.3. The molecule has 1 aromatic carbocycles. The van der Waals surface area contributed by atoms with Gasteiger partial charge in [0.15, 0.2) is 29.1 Å². The first-order chi connectivity index (χ1) is 16.8. The van der Waals surface area contributed by atoms with E-state index in [-0.39, 0.29) is 28.8 Å². The zero-order valence-electron chi connectivity index (χ0n) is 18.0. The molecule has 196 valence electrons. The number of aliphatic hydroxyl groups is 2. The van der Waals surface area contributed by atoms with E-state index in [0.717, 1.165) is 10.2 Å². The van der Waals surface area contributed by atoms with Crippen molar-refractivity contribution in [3.05, 3.63) is 40.1 Å². The van der Waals surface area contributed by atoms with Crippen LogP contribution in [0.2, 0.25) is 10.3 Å². The lowest BCUT2D eigenvalue weighted by Crippen LogP contribution is -2.33. The molecular weight excluding hydrogens is 565 g/mol. The highest BCUT2D eigenvalue weighted by molar-refractivity contribution is 7.70. The third-order valence-electron chi connectivity index (χ3n) is 5.08. The first-order valence-electron chi connectivity index (χ1n) is 10.1. The summed E-state index contributed by atoms with van der Waals surface area (Å²) in [5, 5.41) is 32.2. The van der Waals surface area contributed by atoms with Gasteiger partial charge in [-0.1, -0.05) is 35.0 Å². The quantitative estimate of drug-likeness (QED) is 0.153. The van der Waals surface area contributed by atoms with Gasteiger partial charge in [0.1, 0.15) is 18.3 Å². The van der Waals surface area contributed by atoms with Gasteiger partial charge in [-0.2, -0.15) is 14.6 Å². The number of rotatable bonds is 9. The van der Waals surface area contributed by atoms with Crippen molar-refractivity contribution in [2.45, 2.75) is 31.1 Å². The van der Waals surface area contributed by atoms with Crippen molar-refractivity contribution in [3.63, 3.8) is 0 Å². The predicted octanol–water partition coefficient (Wildman–Crippen LogP) is 1.10. The van der Waals surface area contributed by atoms with Crippen molar-refractivity contribution in [1.29, 1.82) is 0 Å². The van der Waals surface area contributed by atoms with Gasteiger partial charge in [0, 0.05) is 11.6 Å². The second kappa shape index (κ2) is 10.6. The van der Waals surface area contributed by atoms with E-state index in [9.17, 15) is 24.2 Å². The van der Waals surface area contributed by atoms with Crippen LogP contribution in [-0.4, -0.2) is 80.7 Å². The molecule has 0 radical (unpaired) electrons. The number of ether oxygens (including phenoxy) is 1. The Labute approximate surface area is 212 Å². The number of hydrogen-bond donors (Lipinski definition) is 6. The van der Waals surface area contributed by atoms with Gasteiger partial charge in [0.2, 0.25) is 5.28 Å². The van der Waals surface area contributed by atoms with Crippen LogP contribution in [0.3, 0.4) is 0 Å². The van der Waals surface area contributed by atoms with Crippen molar-refractivity contribution in [2.24, 2.45) is 0 Å². The van der Waals surface area contributed by atoms with E-state index in [0.29, 0.717) is 5.02 Å². The average molecular weight is 585 g/mol. The van der Waals surface area contributed by atoms with E-state index < -0.39 is 52.2 Å². The normalized spacial score (nSPS) is 24.2. The van der Waals surface area contributed by atoms with E-state index in [2.05, 4.69) is 25.6 Å². The molecule has 15 nitrogen and oxygen atoms in total. The molecule has 2 aromatic heterocycles. The van der Waals surface area contributed by atoms with Crippen LogP contribution >= 0.6 is 38.4 Å². The molecule has 3 heterocycles. The monoisotopic (exact) mass is 584 g/mol. The Morgan fingerprint density at radius 2 is 1.83 bits per heavy atom. The van der Waals surface area contributed by atoms with Crippen LogP contribution in [0.4, 0.5) is 5.82 Å². The molecule has 0 aliphatic carbocycles. The van der Waals surface area contributed by atoms with Crippen LogP contribution in [0.15, 0.2) is 24.3 Å². The molecule has 19 heteroatoms. The van der Waals surface area contributed by atoms with E-state index >= 15 is 0 Å². The number of halogens is 2. The lowest BCUT2D eigenvalue weighted by atomic mass is 10.1. The number of aromatic nitrogens is 5. The summed E-state index contributed by atoms with van der Waals surface area (Å²) < 4.78 is 34.2. The first kappa shape index (κ1) is 27.3. The Morgan fingerprint density at radius 3 is 2.53 bits per heavy atom. The highest BCUT2D eigenvalue weighted by Gasteiger charge is 2.46. The Bertz CT molecular complexity index is 1360. The number of aliphatic hydroxyl groups excluding tert-OH is 2. The fourth-order valence-electron chi connectivity index (χ4n) is 3.45. The van der Waals surface area contributed by atoms with Gasteiger partial charge in [0.25, 0.3) is 0 Å². The standard InChI is InChI=1S/C17H20Cl2N6O9P2/c18-9-4-2-1-3-8(9)5-20-14-11-15(22-17(19)21-14)25(24-23-11)16-13(27)12(26)10(34-16)6-33-36(31,32)7-35(28,29)30/h1-4,10,12-13,16,26-27H,5-7H2,(H,31,32)(H,20,21,22)(H2,28,29,30)/t10-,12-,13-,16-/m1/s1. The Hall–Kier alpha value is -1.74. The number of fused-ring (bicyclic) bond motifs is 1. The molecule has 1 aliphatic heterocycles. The third-order valence-corrected chi connectivity index (χ3v) is 9.08. The number of benzene rings is 1. The Kier molecular flexibility index (Phi) is 8.01. The largest absolute Gasteiger partial charge is 0.387 e. The SMILES string of the molecule is O=P(O)(O)CP(=O)(O)OC[C@H]1O[C@@H](n2nnc3c(NCc4ccccc4Cl)nc(Cl)nc32)[C@H](O)[C@@H]1O. The van der Waals surface area contributed by atoms with Crippen LogP contribution in [-0.2, 0) is 24.9 Å². The number of nitrogens with one attached hydrogen (secondary N) is 1. The molecule has 36 heavy (non-hydrogen) atoms. The van der Waals surface area contributed by atoms with E-state index in [1.54, 1.807) is 12.1 Å². The molecule has 1 unspecified atom stereocenters. The topological polar surface area (TPSA) is 222 Å². The minimum absolute atomic E-state index is 0.0452. The van der Waals surface area contributed by atoms with Gasteiger partial charge in [-0.25, -0.2) is 0 Å². The van der Waals surface area contributed by atoms with Crippen LogP contribution in [0.25, 0.3) is 11.2 Å². The molecule has 3 aromatic rings. The highest BCUT2D eigenvalue weighted by Crippen LogP contribution is 2.55. The number of anilines is 1. The molecule has 0 spiro atoms.